The topological polar surface area (TPSA) is 55.9 Å². The number of carbonyl (C=O) groups is 2. The van der Waals surface area contributed by atoms with Gasteiger partial charge in [0.05, 0.1) is 12.0 Å². The van der Waals surface area contributed by atoms with Gasteiger partial charge in [-0.2, -0.15) is 0 Å². The van der Waals surface area contributed by atoms with Gasteiger partial charge in [0.1, 0.15) is 0 Å². The van der Waals surface area contributed by atoms with E-state index < -0.39 is 5.92 Å². The monoisotopic (exact) mass is 496 g/mol. The van der Waals surface area contributed by atoms with Crippen LogP contribution < -0.4 is 5.32 Å². The third-order valence-corrected chi connectivity index (χ3v) is 8.02. The average molecular weight is 497 g/mol. The van der Waals surface area contributed by atoms with Crippen molar-refractivity contribution in [2.45, 2.75) is 45.6 Å². The second kappa shape index (κ2) is 12.2. The van der Waals surface area contributed by atoms with Crippen LogP contribution in [0.15, 0.2) is 41.8 Å². The Bertz CT molecular complexity index is 969. The minimum Gasteiger partial charge on any atom is -0.355 e. The van der Waals surface area contributed by atoms with Gasteiger partial charge in [0.25, 0.3) is 5.91 Å². The molecule has 2 aliphatic rings. The van der Waals surface area contributed by atoms with E-state index in [1.54, 1.807) is 11.3 Å². The van der Waals surface area contributed by atoms with E-state index in [1.807, 2.05) is 40.6 Å². The lowest BCUT2D eigenvalue weighted by Gasteiger charge is -2.42. The molecule has 0 spiro atoms. The summed E-state index contributed by atoms with van der Waals surface area (Å²) in [6, 6.07) is 11.5. The molecular weight excluding hydrogens is 456 g/mol. The van der Waals surface area contributed by atoms with Crippen molar-refractivity contribution >= 4 is 23.2 Å². The Balaban J connectivity index is 1.45. The van der Waals surface area contributed by atoms with E-state index in [0.29, 0.717) is 24.6 Å². The SMILES string of the molecule is CCCN1CCN(CCCNC(=O)[C@@H]2c3ccccc3C(=O)N(CC(C)C)[C@H]2c2cccs2)CC1. The number of amides is 2. The minimum absolute atomic E-state index is 0.0184. The fourth-order valence-electron chi connectivity index (χ4n) is 5.42. The first-order chi connectivity index (χ1) is 17.0. The summed E-state index contributed by atoms with van der Waals surface area (Å²) in [4.78, 5) is 35.3. The molecule has 1 N–H and O–H groups in total. The van der Waals surface area contributed by atoms with E-state index >= 15 is 0 Å². The van der Waals surface area contributed by atoms with Crippen LogP contribution in [0.5, 0.6) is 0 Å². The molecule has 2 amide bonds. The molecule has 6 nitrogen and oxygen atoms in total. The molecular formula is C28H40N4O2S. The van der Waals surface area contributed by atoms with Crippen LogP contribution in [0.1, 0.15) is 66.4 Å². The van der Waals surface area contributed by atoms with Gasteiger partial charge >= 0.3 is 0 Å². The molecule has 0 unspecified atom stereocenters. The van der Waals surface area contributed by atoms with Crippen molar-refractivity contribution < 1.29 is 9.59 Å². The Morgan fingerprint density at radius 1 is 1.06 bits per heavy atom. The minimum atomic E-state index is -0.404. The molecule has 4 rings (SSSR count). The van der Waals surface area contributed by atoms with E-state index in [9.17, 15) is 9.59 Å². The zero-order valence-electron chi connectivity index (χ0n) is 21.4. The Morgan fingerprint density at radius 2 is 1.77 bits per heavy atom. The molecule has 2 aliphatic heterocycles. The molecule has 2 atom stereocenters. The van der Waals surface area contributed by atoms with Crippen molar-refractivity contribution in [3.05, 3.63) is 57.8 Å². The van der Waals surface area contributed by atoms with Crippen LogP contribution in [0.25, 0.3) is 0 Å². The Hall–Kier alpha value is -2.22. The number of hydrogen-bond donors (Lipinski definition) is 1. The highest BCUT2D eigenvalue weighted by Crippen LogP contribution is 2.44. The highest BCUT2D eigenvalue weighted by Gasteiger charge is 2.44. The number of rotatable bonds is 10. The summed E-state index contributed by atoms with van der Waals surface area (Å²) in [6.45, 7) is 14.5. The smallest absolute Gasteiger partial charge is 0.254 e. The second-order valence-electron chi connectivity index (χ2n) is 10.2. The van der Waals surface area contributed by atoms with Gasteiger partial charge in [-0.05, 0) is 54.9 Å². The van der Waals surface area contributed by atoms with E-state index in [2.05, 4.69) is 42.0 Å². The molecule has 3 heterocycles. The van der Waals surface area contributed by atoms with Crippen LogP contribution in [-0.4, -0.2) is 78.9 Å². The van der Waals surface area contributed by atoms with Crippen LogP contribution in [-0.2, 0) is 4.79 Å². The number of thiophene rings is 1. The largest absolute Gasteiger partial charge is 0.355 e. The average Bonchev–Trinajstić information content (AvgIpc) is 3.39. The number of fused-ring (bicyclic) bond motifs is 1. The molecule has 0 radical (unpaired) electrons. The Labute approximate surface area is 214 Å². The molecule has 1 fully saturated rings. The maximum atomic E-state index is 13.7. The molecule has 0 bridgehead atoms. The van der Waals surface area contributed by atoms with Crippen molar-refractivity contribution in [3.63, 3.8) is 0 Å². The van der Waals surface area contributed by atoms with Crippen molar-refractivity contribution in [1.82, 2.24) is 20.0 Å². The van der Waals surface area contributed by atoms with Crippen LogP contribution in [0, 0.1) is 5.92 Å². The number of carbonyl (C=O) groups excluding carboxylic acids is 2. The summed E-state index contributed by atoms with van der Waals surface area (Å²) >= 11 is 1.62. The highest BCUT2D eigenvalue weighted by atomic mass is 32.1. The van der Waals surface area contributed by atoms with Crippen LogP contribution in [0.4, 0.5) is 0 Å². The molecule has 7 heteroatoms. The fraction of sp³-hybridized carbons (Fsp3) is 0.571. The van der Waals surface area contributed by atoms with Gasteiger partial charge in [0.2, 0.25) is 5.91 Å². The van der Waals surface area contributed by atoms with E-state index in [1.165, 1.54) is 13.0 Å². The summed E-state index contributed by atoms with van der Waals surface area (Å²) in [5.41, 5.74) is 1.51. The summed E-state index contributed by atoms with van der Waals surface area (Å²) in [6.07, 6.45) is 2.15. The number of benzene rings is 1. The standard InChI is InChI=1S/C28H40N4O2S/c1-4-13-30-15-17-31(18-16-30)14-8-12-29-27(33)25-22-9-5-6-10-23(22)28(34)32(20-21(2)3)26(25)24-11-7-19-35-24/h5-7,9-11,19,21,25-26H,4,8,12-18,20H2,1-3H3,(H,29,33)/t25-,26+/m1/s1. The third-order valence-electron chi connectivity index (χ3n) is 7.07. The molecule has 1 saturated heterocycles. The maximum Gasteiger partial charge on any atom is 0.254 e. The van der Waals surface area contributed by atoms with Crippen molar-refractivity contribution in [1.29, 1.82) is 0 Å². The second-order valence-corrected chi connectivity index (χ2v) is 11.2. The van der Waals surface area contributed by atoms with Crippen LogP contribution >= 0.6 is 11.3 Å². The number of nitrogens with zero attached hydrogens (tertiary/aromatic N) is 3. The van der Waals surface area contributed by atoms with Gasteiger partial charge in [-0.1, -0.05) is 45.0 Å². The molecule has 0 saturated carbocycles. The predicted octanol–water partition coefficient (Wildman–Crippen LogP) is 4.22. The Kier molecular flexibility index (Phi) is 8.98. The molecule has 35 heavy (non-hydrogen) atoms. The number of nitrogens with one attached hydrogen (secondary N) is 1. The van der Waals surface area contributed by atoms with Gasteiger partial charge in [0, 0.05) is 49.7 Å². The zero-order chi connectivity index (χ0) is 24.8. The highest BCUT2D eigenvalue weighted by molar-refractivity contribution is 7.10. The molecule has 2 aromatic rings. The van der Waals surface area contributed by atoms with Gasteiger partial charge < -0.3 is 20.0 Å². The lowest BCUT2D eigenvalue weighted by Crippen LogP contribution is -2.49. The Morgan fingerprint density at radius 3 is 2.43 bits per heavy atom. The summed E-state index contributed by atoms with van der Waals surface area (Å²) in [5.74, 6) is -0.0455. The quantitative estimate of drug-likeness (QED) is 0.501. The molecule has 0 aliphatic carbocycles. The van der Waals surface area contributed by atoms with Gasteiger partial charge in [-0.3, -0.25) is 9.59 Å². The molecule has 190 valence electrons. The fourth-order valence-corrected chi connectivity index (χ4v) is 6.30. The van der Waals surface area contributed by atoms with Crippen molar-refractivity contribution in [3.8, 4) is 0 Å². The normalized spacial score (nSPS) is 21.4. The first kappa shape index (κ1) is 25.9. The first-order valence-corrected chi connectivity index (χ1v) is 14.0. The third kappa shape index (κ3) is 6.13. The van der Waals surface area contributed by atoms with E-state index in [-0.39, 0.29) is 17.9 Å². The summed E-state index contributed by atoms with van der Waals surface area (Å²) in [5, 5.41) is 5.26. The van der Waals surface area contributed by atoms with E-state index in [0.717, 1.165) is 49.6 Å². The lowest BCUT2D eigenvalue weighted by atomic mass is 9.81. The molecule has 1 aromatic carbocycles. The molecule has 1 aromatic heterocycles. The van der Waals surface area contributed by atoms with Crippen LogP contribution in [0.2, 0.25) is 0 Å². The van der Waals surface area contributed by atoms with Gasteiger partial charge in [-0.25, -0.2) is 0 Å². The summed E-state index contributed by atoms with van der Waals surface area (Å²) in [7, 11) is 0. The van der Waals surface area contributed by atoms with Crippen LogP contribution in [0.3, 0.4) is 0 Å². The maximum absolute atomic E-state index is 13.7. The number of hydrogen-bond acceptors (Lipinski definition) is 5. The number of piperazine rings is 1. The van der Waals surface area contributed by atoms with Gasteiger partial charge in [-0.15, -0.1) is 11.3 Å². The summed E-state index contributed by atoms with van der Waals surface area (Å²) < 4.78 is 0. The van der Waals surface area contributed by atoms with Crippen molar-refractivity contribution in [2.75, 3.05) is 52.4 Å². The lowest BCUT2D eigenvalue weighted by molar-refractivity contribution is -0.124. The van der Waals surface area contributed by atoms with Gasteiger partial charge in [0.15, 0.2) is 0 Å². The van der Waals surface area contributed by atoms with E-state index in [4.69, 9.17) is 0 Å². The first-order valence-electron chi connectivity index (χ1n) is 13.1. The predicted molar refractivity (Wildman–Crippen MR) is 143 cm³/mol. The zero-order valence-corrected chi connectivity index (χ0v) is 22.2. The van der Waals surface area contributed by atoms with Crippen molar-refractivity contribution in [2.24, 2.45) is 5.92 Å².